The van der Waals surface area contributed by atoms with E-state index in [1.165, 1.54) is 0 Å². The van der Waals surface area contributed by atoms with Gasteiger partial charge < -0.3 is 14.2 Å². The molecule has 4 heteroatoms. The van der Waals surface area contributed by atoms with Gasteiger partial charge in [0, 0.05) is 11.6 Å². The van der Waals surface area contributed by atoms with Crippen molar-refractivity contribution in [2.45, 2.75) is 12.5 Å². The lowest BCUT2D eigenvalue weighted by molar-refractivity contribution is 0.173. The normalized spacial score (nSPS) is 18.2. The van der Waals surface area contributed by atoms with Crippen LogP contribution >= 0.6 is 0 Å². The largest absolute Gasteiger partial charge is 0.488 e. The van der Waals surface area contributed by atoms with E-state index in [4.69, 9.17) is 14.2 Å². The van der Waals surface area contributed by atoms with E-state index < -0.39 is 0 Å². The molecule has 2 heterocycles. The van der Waals surface area contributed by atoms with Gasteiger partial charge in [-0.05, 0) is 17.2 Å². The van der Waals surface area contributed by atoms with Crippen molar-refractivity contribution < 1.29 is 14.2 Å². The Hall–Kier alpha value is -2.67. The Kier molecular flexibility index (Phi) is 2.33. The van der Waals surface area contributed by atoms with Crippen molar-refractivity contribution >= 4 is 0 Å². The van der Waals surface area contributed by atoms with Crippen molar-refractivity contribution in [2.24, 2.45) is 0 Å². The quantitative estimate of drug-likeness (QED) is 0.734. The predicted molar refractivity (Wildman–Crippen MR) is 70.8 cm³/mol. The Balaban J connectivity index is 1.93. The highest BCUT2D eigenvalue weighted by Crippen LogP contribution is 2.44. The second-order valence-corrected chi connectivity index (χ2v) is 4.79. The highest BCUT2D eigenvalue weighted by Gasteiger charge is 2.28. The molecule has 2 aliphatic rings. The molecule has 20 heavy (non-hydrogen) atoms. The van der Waals surface area contributed by atoms with Gasteiger partial charge in [0.1, 0.15) is 18.3 Å². The molecule has 0 fully saturated rings. The first kappa shape index (κ1) is 11.2. The van der Waals surface area contributed by atoms with Gasteiger partial charge in [-0.1, -0.05) is 24.3 Å². The lowest BCUT2D eigenvalue weighted by Gasteiger charge is -2.12. The topological polar surface area (TPSA) is 51.5 Å². The maximum atomic E-state index is 9.58. The average molecular weight is 265 g/mol. The maximum Gasteiger partial charge on any atom is 0.231 e. The van der Waals surface area contributed by atoms with Crippen LogP contribution in [-0.4, -0.2) is 6.79 Å². The summed E-state index contributed by atoms with van der Waals surface area (Å²) in [5.41, 5.74) is 2.87. The van der Waals surface area contributed by atoms with Gasteiger partial charge in [0.25, 0.3) is 0 Å². The fourth-order valence-corrected chi connectivity index (χ4v) is 2.70. The number of fused-ring (bicyclic) bond motifs is 3. The number of benzene rings is 2. The third kappa shape index (κ3) is 1.53. The molecule has 0 radical (unpaired) electrons. The zero-order chi connectivity index (χ0) is 13.5. The third-order valence-corrected chi connectivity index (χ3v) is 3.69. The molecule has 98 valence electrons. The molecule has 0 saturated heterocycles. The Morgan fingerprint density at radius 1 is 0.950 bits per heavy atom. The molecule has 0 aromatic heterocycles. The molecule has 0 spiro atoms. The van der Waals surface area contributed by atoms with Crippen LogP contribution in [0.5, 0.6) is 17.2 Å². The van der Waals surface area contributed by atoms with E-state index in [-0.39, 0.29) is 12.7 Å². The van der Waals surface area contributed by atoms with Crippen LogP contribution in [0.3, 0.4) is 0 Å². The number of ether oxygens (including phenoxy) is 3. The van der Waals surface area contributed by atoms with E-state index >= 15 is 0 Å². The second-order valence-electron chi connectivity index (χ2n) is 4.79. The molecule has 2 aromatic carbocycles. The summed E-state index contributed by atoms with van der Waals surface area (Å²) in [6, 6.07) is 13.9. The highest BCUT2D eigenvalue weighted by atomic mass is 16.7. The summed E-state index contributed by atoms with van der Waals surface area (Å²) in [6.07, 6.45) is 0. The Labute approximate surface area is 116 Å². The van der Waals surface area contributed by atoms with Gasteiger partial charge >= 0.3 is 0 Å². The first-order valence-corrected chi connectivity index (χ1v) is 6.40. The van der Waals surface area contributed by atoms with Gasteiger partial charge in [-0.3, -0.25) is 0 Å². The summed E-state index contributed by atoms with van der Waals surface area (Å²) >= 11 is 0. The number of nitriles is 1. The average Bonchev–Trinajstić information content (AvgIpc) is 2.87. The monoisotopic (exact) mass is 265 g/mol. The number of hydrogen-bond acceptors (Lipinski definition) is 4. The molecule has 0 amide bonds. The molecule has 2 aromatic rings. The molecule has 0 bridgehead atoms. The van der Waals surface area contributed by atoms with E-state index in [0.717, 1.165) is 16.7 Å². The van der Waals surface area contributed by atoms with Crippen LogP contribution in [-0.2, 0) is 6.61 Å². The maximum absolute atomic E-state index is 9.58. The smallest absolute Gasteiger partial charge is 0.231 e. The van der Waals surface area contributed by atoms with Crippen LogP contribution in [0, 0.1) is 11.3 Å². The lowest BCUT2D eigenvalue weighted by Crippen LogP contribution is -1.99. The fraction of sp³-hybridized carbons (Fsp3) is 0.188. The van der Waals surface area contributed by atoms with Crippen molar-refractivity contribution in [2.75, 3.05) is 6.79 Å². The van der Waals surface area contributed by atoms with E-state index in [2.05, 4.69) is 6.07 Å². The van der Waals surface area contributed by atoms with Crippen LogP contribution in [0.4, 0.5) is 0 Å². The summed E-state index contributed by atoms with van der Waals surface area (Å²) in [5.74, 6) is 1.69. The van der Waals surface area contributed by atoms with E-state index in [1.54, 1.807) is 0 Å². The van der Waals surface area contributed by atoms with Gasteiger partial charge in [0.2, 0.25) is 6.79 Å². The highest BCUT2D eigenvalue weighted by molar-refractivity contribution is 5.58. The zero-order valence-corrected chi connectivity index (χ0v) is 10.6. The number of hydrogen-bond donors (Lipinski definition) is 0. The van der Waals surface area contributed by atoms with Crippen LogP contribution < -0.4 is 14.2 Å². The molecule has 0 aliphatic carbocycles. The van der Waals surface area contributed by atoms with Gasteiger partial charge in [0.15, 0.2) is 11.5 Å². The van der Waals surface area contributed by atoms with Crippen LogP contribution in [0.15, 0.2) is 36.4 Å². The predicted octanol–water partition coefficient (Wildman–Crippen LogP) is 2.96. The van der Waals surface area contributed by atoms with E-state index in [9.17, 15) is 5.26 Å². The van der Waals surface area contributed by atoms with Crippen molar-refractivity contribution in [1.82, 2.24) is 0 Å². The summed E-state index contributed by atoms with van der Waals surface area (Å²) in [5, 5.41) is 9.58. The van der Waals surface area contributed by atoms with Gasteiger partial charge in [-0.25, -0.2) is 0 Å². The van der Waals surface area contributed by atoms with Gasteiger partial charge in [-0.2, -0.15) is 5.26 Å². The van der Waals surface area contributed by atoms with Crippen molar-refractivity contribution in [3.8, 4) is 23.3 Å². The Morgan fingerprint density at radius 2 is 1.75 bits per heavy atom. The summed E-state index contributed by atoms with van der Waals surface area (Å²) in [4.78, 5) is 0. The molecule has 1 atom stereocenters. The Morgan fingerprint density at radius 3 is 2.60 bits per heavy atom. The van der Waals surface area contributed by atoms with Crippen molar-refractivity contribution in [3.63, 3.8) is 0 Å². The molecule has 4 rings (SSSR count). The Bertz CT molecular complexity index is 733. The number of nitrogens with zero attached hydrogens (tertiary/aromatic N) is 1. The van der Waals surface area contributed by atoms with E-state index in [0.29, 0.717) is 23.9 Å². The second kappa shape index (κ2) is 4.17. The fourth-order valence-electron chi connectivity index (χ4n) is 2.70. The van der Waals surface area contributed by atoms with Crippen molar-refractivity contribution in [1.29, 1.82) is 5.26 Å². The molecular formula is C16H11NO3. The minimum Gasteiger partial charge on any atom is -0.488 e. The standard InChI is InChI=1S/C16H11NO3/c17-7-13-11-4-2-1-3-10(11)8-18-14-6-16-15(5-12(13)14)19-9-20-16/h1-6,13H,8-9H2. The van der Waals surface area contributed by atoms with Crippen LogP contribution in [0.2, 0.25) is 0 Å². The SMILES string of the molecule is N#CC1c2ccccc2COc2cc3c(cc21)OCO3. The third-order valence-electron chi connectivity index (χ3n) is 3.69. The summed E-state index contributed by atoms with van der Waals surface area (Å²) in [6.45, 7) is 0.674. The number of rotatable bonds is 0. The first-order chi connectivity index (χ1) is 9.86. The van der Waals surface area contributed by atoms with Gasteiger partial charge in [-0.15, -0.1) is 0 Å². The molecule has 0 N–H and O–H groups in total. The van der Waals surface area contributed by atoms with Crippen LogP contribution in [0.1, 0.15) is 22.6 Å². The summed E-state index contributed by atoms with van der Waals surface area (Å²) in [7, 11) is 0. The van der Waals surface area contributed by atoms with Crippen molar-refractivity contribution in [3.05, 3.63) is 53.1 Å². The minimum absolute atomic E-state index is 0.214. The first-order valence-electron chi connectivity index (χ1n) is 6.40. The van der Waals surface area contributed by atoms with E-state index in [1.807, 2.05) is 36.4 Å². The molecule has 2 aliphatic heterocycles. The van der Waals surface area contributed by atoms with Gasteiger partial charge in [0.05, 0.1) is 6.07 Å². The zero-order valence-electron chi connectivity index (χ0n) is 10.6. The molecular weight excluding hydrogens is 254 g/mol. The lowest BCUT2D eigenvalue weighted by atomic mass is 9.89. The minimum atomic E-state index is -0.349. The molecule has 1 unspecified atom stereocenters. The van der Waals surface area contributed by atoms with Crippen LogP contribution in [0.25, 0.3) is 0 Å². The molecule has 0 saturated carbocycles. The molecule has 4 nitrogen and oxygen atoms in total. The summed E-state index contributed by atoms with van der Waals surface area (Å²) < 4.78 is 16.6.